The fraction of sp³-hybridized carbons (Fsp3) is 0.700. The first-order valence-electron chi connectivity index (χ1n) is 8.84. The maximum atomic E-state index is 12.6. The lowest BCUT2D eigenvalue weighted by Gasteiger charge is -2.54. The van der Waals surface area contributed by atoms with Crippen LogP contribution in [0, 0.1) is 16.7 Å². The van der Waals surface area contributed by atoms with Crippen LogP contribution in [0.2, 0.25) is 0 Å². The molecule has 1 fully saturated rings. The van der Waals surface area contributed by atoms with Gasteiger partial charge in [0.15, 0.2) is 5.78 Å². The Morgan fingerprint density at radius 3 is 2.57 bits per heavy atom. The SMILES string of the molecule is CC1=C(CCC2=CC(=O)OC2)[C@@]2(C)CCCC(C)(C)[C@@H]2CC1=O. The van der Waals surface area contributed by atoms with E-state index in [9.17, 15) is 9.59 Å². The number of ketones is 1. The van der Waals surface area contributed by atoms with Gasteiger partial charge in [0.25, 0.3) is 0 Å². The number of hydrogen-bond acceptors (Lipinski definition) is 3. The van der Waals surface area contributed by atoms with E-state index in [1.165, 1.54) is 24.8 Å². The Bertz CT molecular complexity index is 608. The Kier molecular flexibility index (Phi) is 4.02. The molecule has 0 aromatic heterocycles. The molecule has 2 atom stereocenters. The molecule has 0 amide bonds. The Morgan fingerprint density at radius 1 is 1.17 bits per heavy atom. The Morgan fingerprint density at radius 2 is 1.91 bits per heavy atom. The quantitative estimate of drug-likeness (QED) is 0.726. The largest absolute Gasteiger partial charge is 0.458 e. The van der Waals surface area contributed by atoms with Crippen molar-refractivity contribution in [1.29, 1.82) is 0 Å². The van der Waals surface area contributed by atoms with Crippen molar-refractivity contribution in [3.05, 3.63) is 22.8 Å². The van der Waals surface area contributed by atoms with E-state index in [-0.39, 0.29) is 16.8 Å². The molecule has 23 heavy (non-hydrogen) atoms. The highest BCUT2D eigenvalue weighted by atomic mass is 16.5. The van der Waals surface area contributed by atoms with Gasteiger partial charge in [-0.15, -0.1) is 0 Å². The summed E-state index contributed by atoms with van der Waals surface area (Å²) < 4.78 is 5.00. The van der Waals surface area contributed by atoms with E-state index in [2.05, 4.69) is 20.8 Å². The van der Waals surface area contributed by atoms with Gasteiger partial charge in [0, 0.05) is 12.5 Å². The van der Waals surface area contributed by atoms with Crippen LogP contribution in [0.4, 0.5) is 0 Å². The van der Waals surface area contributed by atoms with E-state index in [0.29, 0.717) is 24.7 Å². The lowest BCUT2D eigenvalue weighted by molar-refractivity contribution is -0.135. The Balaban J connectivity index is 1.89. The summed E-state index contributed by atoms with van der Waals surface area (Å²) in [7, 11) is 0. The lowest BCUT2D eigenvalue weighted by Crippen LogP contribution is -2.47. The van der Waals surface area contributed by atoms with Crippen molar-refractivity contribution >= 4 is 11.8 Å². The number of hydrogen-bond donors (Lipinski definition) is 0. The summed E-state index contributed by atoms with van der Waals surface area (Å²) in [6.07, 6.45) is 7.64. The zero-order valence-corrected chi connectivity index (χ0v) is 14.8. The molecule has 3 rings (SSSR count). The van der Waals surface area contributed by atoms with E-state index < -0.39 is 0 Å². The second-order valence-electron chi connectivity index (χ2n) is 8.45. The second-order valence-corrected chi connectivity index (χ2v) is 8.45. The Hall–Kier alpha value is -1.38. The predicted molar refractivity (Wildman–Crippen MR) is 89.8 cm³/mol. The number of carbonyl (C=O) groups is 2. The number of carbonyl (C=O) groups excluding carboxylic acids is 2. The third-order valence-corrected chi connectivity index (χ3v) is 6.60. The number of rotatable bonds is 3. The molecule has 0 bridgehead atoms. The minimum atomic E-state index is -0.228. The van der Waals surface area contributed by atoms with E-state index in [0.717, 1.165) is 24.0 Å². The summed E-state index contributed by atoms with van der Waals surface area (Å²) in [5.74, 6) is 0.531. The molecule has 3 heteroatoms. The number of ether oxygens (including phenoxy) is 1. The normalized spacial score (nSPS) is 33.4. The molecule has 0 N–H and O–H groups in total. The van der Waals surface area contributed by atoms with Gasteiger partial charge < -0.3 is 4.74 Å². The second kappa shape index (κ2) is 5.61. The highest BCUT2D eigenvalue weighted by molar-refractivity contribution is 5.97. The first-order valence-corrected chi connectivity index (χ1v) is 8.84. The molecule has 0 radical (unpaired) electrons. The maximum absolute atomic E-state index is 12.6. The third-order valence-electron chi connectivity index (χ3n) is 6.60. The molecule has 3 nitrogen and oxygen atoms in total. The standard InChI is InChI=1S/C20H28O3/c1-13-15(7-6-14-10-18(22)23-12-14)20(4)9-5-8-19(2,3)17(20)11-16(13)21/h10,17H,5-9,11-12H2,1-4H3/t17-,20+/m0/s1. The monoisotopic (exact) mass is 316 g/mol. The highest BCUT2D eigenvalue weighted by Crippen LogP contribution is 2.59. The van der Waals surface area contributed by atoms with Gasteiger partial charge in [-0.2, -0.15) is 0 Å². The van der Waals surface area contributed by atoms with Crippen LogP contribution in [0.5, 0.6) is 0 Å². The maximum Gasteiger partial charge on any atom is 0.331 e. The molecule has 0 saturated heterocycles. The molecule has 1 heterocycles. The first-order chi connectivity index (χ1) is 10.7. The van der Waals surface area contributed by atoms with Gasteiger partial charge in [-0.1, -0.05) is 32.8 Å². The Labute approximate surface area is 139 Å². The minimum absolute atomic E-state index is 0.129. The topological polar surface area (TPSA) is 43.4 Å². The van der Waals surface area contributed by atoms with Gasteiger partial charge in [-0.3, -0.25) is 4.79 Å². The summed E-state index contributed by atoms with van der Waals surface area (Å²) in [4.78, 5) is 23.8. The van der Waals surface area contributed by atoms with Crippen molar-refractivity contribution < 1.29 is 14.3 Å². The van der Waals surface area contributed by atoms with Gasteiger partial charge in [0.05, 0.1) is 0 Å². The van der Waals surface area contributed by atoms with Gasteiger partial charge in [-0.25, -0.2) is 4.79 Å². The first kappa shape index (κ1) is 16.5. The summed E-state index contributed by atoms with van der Waals surface area (Å²) in [5.41, 5.74) is 3.73. The van der Waals surface area contributed by atoms with Crippen molar-refractivity contribution in [3.63, 3.8) is 0 Å². The minimum Gasteiger partial charge on any atom is -0.458 e. The molecule has 126 valence electrons. The molecule has 1 aliphatic heterocycles. The molecule has 0 spiro atoms. The summed E-state index contributed by atoms with van der Waals surface area (Å²) in [6, 6.07) is 0. The number of esters is 1. The average molecular weight is 316 g/mol. The summed E-state index contributed by atoms with van der Waals surface area (Å²) in [5, 5.41) is 0. The van der Waals surface area contributed by atoms with Crippen LogP contribution in [-0.2, 0) is 14.3 Å². The van der Waals surface area contributed by atoms with Crippen molar-refractivity contribution in [2.24, 2.45) is 16.7 Å². The van der Waals surface area contributed by atoms with Crippen LogP contribution in [0.3, 0.4) is 0 Å². The van der Waals surface area contributed by atoms with E-state index in [1.807, 2.05) is 6.92 Å². The van der Waals surface area contributed by atoms with Gasteiger partial charge >= 0.3 is 5.97 Å². The van der Waals surface area contributed by atoms with Crippen molar-refractivity contribution in [2.75, 3.05) is 6.61 Å². The summed E-state index contributed by atoms with van der Waals surface area (Å²) in [6.45, 7) is 9.45. The summed E-state index contributed by atoms with van der Waals surface area (Å²) >= 11 is 0. The number of allylic oxidation sites excluding steroid dienone is 2. The number of fused-ring (bicyclic) bond motifs is 1. The van der Waals surface area contributed by atoms with E-state index in [1.54, 1.807) is 6.08 Å². The van der Waals surface area contributed by atoms with Crippen molar-refractivity contribution in [3.8, 4) is 0 Å². The fourth-order valence-electron chi connectivity index (χ4n) is 5.24. The molecule has 0 unspecified atom stereocenters. The van der Waals surface area contributed by atoms with E-state index >= 15 is 0 Å². The van der Waals surface area contributed by atoms with Crippen LogP contribution >= 0.6 is 0 Å². The molecule has 1 saturated carbocycles. The zero-order chi connectivity index (χ0) is 16.8. The number of cyclic esters (lactones) is 1. The fourth-order valence-corrected chi connectivity index (χ4v) is 5.24. The van der Waals surface area contributed by atoms with Crippen molar-refractivity contribution in [1.82, 2.24) is 0 Å². The van der Waals surface area contributed by atoms with Crippen LogP contribution in [0.1, 0.15) is 66.2 Å². The zero-order valence-electron chi connectivity index (χ0n) is 14.8. The van der Waals surface area contributed by atoms with Crippen LogP contribution in [-0.4, -0.2) is 18.4 Å². The van der Waals surface area contributed by atoms with Gasteiger partial charge in [0.2, 0.25) is 0 Å². The molecule has 0 aromatic rings. The molecular formula is C20H28O3. The number of Topliss-reactive ketones (excluding diaryl/α,β-unsaturated/α-hetero) is 1. The molecular weight excluding hydrogens is 288 g/mol. The molecule has 0 aromatic carbocycles. The van der Waals surface area contributed by atoms with E-state index in [4.69, 9.17) is 4.74 Å². The third kappa shape index (κ3) is 2.79. The molecule has 2 aliphatic carbocycles. The highest BCUT2D eigenvalue weighted by Gasteiger charge is 2.51. The van der Waals surface area contributed by atoms with Gasteiger partial charge in [-0.05, 0) is 60.5 Å². The van der Waals surface area contributed by atoms with Crippen LogP contribution in [0.15, 0.2) is 22.8 Å². The lowest BCUT2D eigenvalue weighted by atomic mass is 9.49. The average Bonchev–Trinajstić information content (AvgIpc) is 2.87. The predicted octanol–water partition coefficient (Wildman–Crippen LogP) is 4.37. The smallest absolute Gasteiger partial charge is 0.331 e. The molecule has 3 aliphatic rings. The van der Waals surface area contributed by atoms with Crippen LogP contribution in [0.25, 0.3) is 0 Å². The van der Waals surface area contributed by atoms with Crippen molar-refractivity contribution in [2.45, 2.75) is 66.2 Å². The van der Waals surface area contributed by atoms with Gasteiger partial charge in [0.1, 0.15) is 6.61 Å². The van der Waals surface area contributed by atoms with Crippen LogP contribution < -0.4 is 0 Å².